The van der Waals surface area contributed by atoms with Gasteiger partial charge < -0.3 is 10.0 Å². The summed E-state index contributed by atoms with van der Waals surface area (Å²) in [5.41, 5.74) is -0.748. The summed E-state index contributed by atoms with van der Waals surface area (Å²) in [4.78, 5) is 22.8. The van der Waals surface area contributed by atoms with Crippen LogP contribution in [0.5, 0.6) is 0 Å². The third-order valence-corrected chi connectivity index (χ3v) is 4.82. The number of sulfone groups is 1. The van der Waals surface area contributed by atoms with E-state index < -0.39 is 43.7 Å². The molecule has 0 saturated heterocycles. The summed E-state index contributed by atoms with van der Waals surface area (Å²) in [5.74, 6) is -3.93. The highest BCUT2D eigenvalue weighted by Crippen LogP contribution is 2.25. The van der Waals surface area contributed by atoms with Crippen LogP contribution in [-0.4, -0.2) is 50.1 Å². The van der Waals surface area contributed by atoms with E-state index in [1.807, 2.05) is 0 Å². The number of aromatic carboxylic acids is 1. The molecular formula is C12H13BrFNO5S. The molecule has 0 aliphatic rings. The number of carbonyl (C=O) groups excluding carboxylic acids is 1. The van der Waals surface area contributed by atoms with Crippen LogP contribution in [0.15, 0.2) is 21.5 Å². The summed E-state index contributed by atoms with van der Waals surface area (Å²) in [6.45, 7) is 0. The Labute approximate surface area is 129 Å². The molecule has 0 atom stereocenters. The molecule has 1 N–H and O–H groups in total. The van der Waals surface area contributed by atoms with E-state index in [2.05, 4.69) is 15.9 Å². The first-order valence-corrected chi connectivity index (χ1v) is 8.16. The van der Waals surface area contributed by atoms with E-state index in [0.717, 1.165) is 12.1 Å². The number of amides is 1. The maximum Gasteiger partial charge on any atom is 0.338 e. The maximum atomic E-state index is 14.0. The molecule has 0 fully saturated rings. The van der Waals surface area contributed by atoms with Gasteiger partial charge in [-0.2, -0.15) is 0 Å². The Morgan fingerprint density at radius 2 is 1.90 bits per heavy atom. The Bertz CT molecular complexity index is 687. The Morgan fingerprint density at radius 1 is 1.33 bits per heavy atom. The number of rotatable bonds is 5. The minimum Gasteiger partial charge on any atom is -0.478 e. The van der Waals surface area contributed by atoms with Crippen LogP contribution in [0.1, 0.15) is 16.8 Å². The number of halogens is 2. The first-order valence-electron chi connectivity index (χ1n) is 5.71. The number of hydrogen-bond acceptors (Lipinski definition) is 4. The van der Waals surface area contributed by atoms with Crippen molar-refractivity contribution in [1.82, 2.24) is 4.90 Å². The normalized spacial score (nSPS) is 11.2. The van der Waals surface area contributed by atoms with Gasteiger partial charge in [-0.25, -0.2) is 17.6 Å². The average molecular weight is 382 g/mol. The van der Waals surface area contributed by atoms with Crippen molar-refractivity contribution in [1.29, 1.82) is 0 Å². The standard InChI is InChI=1S/C12H13BrFNO5S/c1-15(2)10(16)3-4-21(19,20)9-6-7(13)5-8(11(9)14)12(17)18/h5-6H,3-4H2,1-2H3,(H,17,18). The number of benzene rings is 1. The summed E-state index contributed by atoms with van der Waals surface area (Å²) < 4.78 is 38.3. The monoisotopic (exact) mass is 381 g/mol. The van der Waals surface area contributed by atoms with E-state index in [1.54, 1.807) is 0 Å². The van der Waals surface area contributed by atoms with Crippen LogP contribution in [-0.2, 0) is 14.6 Å². The molecule has 0 bridgehead atoms. The molecular weight excluding hydrogens is 369 g/mol. The van der Waals surface area contributed by atoms with Gasteiger partial charge >= 0.3 is 5.97 Å². The van der Waals surface area contributed by atoms with Gasteiger partial charge in [0.25, 0.3) is 0 Å². The number of carboxylic acid groups (broad SMARTS) is 1. The largest absolute Gasteiger partial charge is 0.478 e. The highest BCUT2D eigenvalue weighted by molar-refractivity contribution is 9.10. The van der Waals surface area contributed by atoms with Crippen LogP contribution in [0.3, 0.4) is 0 Å². The quantitative estimate of drug-likeness (QED) is 0.834. The lowest BCUT2D eigenvalue weighted by atomic mass is 10.2. The molecule has 1 amide bonds. The fraction of sp³-hybridized carbons (Fsp3) is 0.333. The zero-order chi connectivity index (χ0) is 16.4. The van der Waals surface area contributed by atoms with Crippen LogP contribution in [0.4, 0.5) is 4.39 Å². The summed E-state index contributed by atoms with van der Waals surface area (Å²) in [6.07, 6.45) is -0.316. The minimum atomic E-state index is -4.11. The van der Waals surface area contributed by atoms with Gasteiger partial charge in [0, 0.05) is 25.0 Å². The van der Waals surface area contributed by atoms with Crippen molar-refractivity contribution < 1.29 is 27.5 Å². The van der Waals surface area contributed by atoms with Crippen molar-refractivity contribution in [2.75, 3.05) is 19.8 Å². The Hall–Kier alpha value is -1.48. The maximum absolute atomic E-state index is 14.0. The second kappa shape index (κ2) is 6.52. The molecule has 21 heavy (non-hydrogen) atoms. The van der Waals surface area contributed by atoms with Crippen LogP contribution in [0, 0.1) is 5.82 Å². The predicted octanol–water partition coefficient (Wildman–Crippen LogP) is 1.54. The van der Waals surface area contributed by atoms with Gasteiger partial charge in [-0.15, -0.1) is 0 Å². The average Bonchev–Trinajstić information content (AvgIpc) is 2.37. The van der Waals surface area contributed by atoms with E-state index in [4.69, 9.17) is 5.11 Å². The van der Waals surface area contributed by atoms with Crippen molar-refractivity contribution in [3.63, 3.8) is 0 Å². The van der Waals surface area contributed by atoms with Crippen LogP contribution < -0.4 is 0 Å². The van der Waals surface area contributed by atoms with Crippen molar-refractivity contribution in [2.24, 2.45) is 0 Å². The molecule has 0 aliphatic carbocycles. The highest BCUT2D eigenvalue weighted by Gasteiger charge is 2.25. The molecule has 9 heteroatoms. The van der Waals surface area contributed by atoms with Crippen LogP contribution in [0.25, 0.3) is 0 Å². The van der Waals surface area contributed by atoms with Gasteiger partial charge in [-0.3, -0.25) is 4.79 Å². The van der Waals surface area contributed by atoms with Crippen LogP contribution in [0.2, 0.25) is 0 Å². The number of carbonyl (C=O) groups is 2. The molecule has 1 rings (SSSR count). The molecule has 0 unspecified atom stereocenters. The fourth-order valence-corrected chi connectivity index (χ4v) is 3.46. The smallest absolute Gasteiger partial charge is 0.338 e. The summed E-state index contributed by atoms with van der Waals surface area (Å²) in [5, 5.41) is 8.85. The second-order valence-electron chi connectivity index (χ2n) is 4.43. The molecule has 0 aromatic heterocycles. The van der Waals surface area contributed by atoms with E-state index in [9.17, 15) is 22.4 Å². The van der Waals surface area contributed by atoms with Crippen molar-refractivity contribution in [2.45, 2.75) is 11.3 Å². The van der Waals surface area contributed by atoms with Crippen molar-refractivity contribution >= 4 is 37.6 Å². The van der Waals surface area contributed by atoms with E-state index in [1.165, 1.54) is 19.0 Å². The van der Waals surface area contributed by atoms with Crippen LogP contribution >= 0.6 is 15.9 Å². The van der Waals surface area contributed by atoms with E-state index in [-0.39, 0.29) is 10.9 Å². The van der Waals surface area contributed by atoms with E-state index >= 15 is 0 Å². The molecule has 1 aromatic carbocycles. The molecule has 0 aliphatic heterocycles. The number of hydrogen-bond donors (Lipinski definition) is 1. The van der Waals surface area contributed by atoms with Gasteiger partial charge in [0.2, 0.25) is 5.91 Å². The molecule has 0 heterocycles. The highest BCUT2D eigenvalue weighted by atomic mass is 79.9. The number of carboxylic acids is 1. The summed E-state index contributed by atoms with van der Waals surface area (Å²) in [7, 11) is -1.18. The van der Waals surface area contributed by atoms with Gasteiger partial charge in [0.15, 0.2) is 15.7 Å². The Kier molecular flexibility index (Phi) is 5.46. The Balaban J connectivity index is 3.20. The molecule has 1 aromatic rings. The zero-order valence-corrected chi connectivity index (χ0v) is 13.7. The number of nitrogens with zero attached hydrogens (tertiary/aromatic N) is 1. The SMILES string of the molecule is CN(C)C(=O)CCS(=O)(=O)c1cc(Br)cc(C(=O)O)c1F. The third-order valence-electron chi connectivity index (χ3n) is 2.65. The van der Waals surface area contributed by atoms with Gasteiger partial charge in [0.1, 0.15) is 4.90 Å². The third kappa shape index (κ3) is 4.24. The summed E-state index contributed by atoms with van der Waals surface area (Å²) >= 11 is 2.94. The van der Waals surface area contributed by atoms with Gasteiger partial charge in [0.05, 0.1) is 11.3 Å². The van der Waals surface area contributed by atoms with E-state index in [0.29, 0.717) is 0 Å². The minimum absolute atomic E-state index is 0.124. The first-order chi connectivity index (χ1) is 9.56. The van der Waals surface area contributed by atoms with Crippen molar-refractivity contribution in [3.05, 3.63) is 28.0 Å². The molecule has 6 nitrogen and oxygen atoms in total. The van der Waals surface area contributed by atoms with Gasteiger partial charge in [-0.05, 0) is 12.1 Å². The first kappa shape index (κ1) is 17.6. The molecule has 0 spiro atoms. The van der Waals surface area contributed by atoms with Gasteiger partial charge in [-0.1, -0.05) is 15.9 Å². The second-order valence-corrected chi connectivity index (χ2v) is 7.42. The lowest BCUT2D eigenvalue weighted by Gasteiger charge is -2.11. The molecule has 116 valence electrons. The van der Waals surface area contributed by atoms with Crippen molar-refractivity contribution in [3.8, 4) is 0 Å². The summed E-state index contributed by atoms with van der Waals surface area (Å²) in [6, 6.07) is 1.96. The Morgan fingerprint density at radius 3 is 2.38 bits per heavy atom. The molecule has 0 radical (unpaired) electrons. The topological polar surface area (TPSA) is 91.8 Å². The lowest BCUT2D eigenvalue weighted by Crippen LogP contribution is -2.24. The predicted molar refractivity (Wildman–Crippen MR) is 76.4 cm³/mol. The molecule has 0 saturated carbocycles. The fourth-order valence-electron chi connectivity index (χ4n) is 1.50. The lowest BCUT2D eigenvalue weighted by molar-refractivity contribution is -0.128. The zero-order valence-electron chi connectivity index (χ0n) is 11.3.